The fourth-order valence-electron chi connectivity index (χ4n) is 2.15. The summed E-state index contributed by atoms with van der Waals surface area (Å²) in [6, 6.07) is 10.7. The second-order valence-electron chi connectivity index (χ2n) is 5.78. The number of rotatable bonds is 6. The molecule has 1 N–H and O–H groups in total. The lowest BCUT2D eigenvalue weighted by Gasteiger charge is -2.19. The Morgan fingerprint density at radius 1 is 1.17 bits per heavy atom. The second kappa shape index (κ2) is 7.27. The molecule has 2 rings (SSSR count). The molecule has 0 radical (unpaired) electrons. The van der Waals surface area contributed by atoms with Gasteiger partial charge >= 0.3 is 0 Å². The van der Waals surface area contributed by atoms with E-state index in [0.717, 1.165) is 5.56 Å². The summed E-state index contributed by atoms with van der Waals surface area (Å²) in [6.07, 6.45) is 0. The van der Waals surface area contributed by atoms with E-state index in [4.69, 9.17) is 0 Å². The van der Waals surface area contributed by atoms with Crippen LogP contribution >= 0.6 is 11.3 Å². The average molecular weight is 351 g/mol. The zero-order valence-corrected chi connectivity index (χ0v) is 15.1. The van der Waals surface area contributed by atoms with Gasteiger partial charge in [0.25, 0.3) is 0 Å². The molecule has 0 spiro atoms. The summed E-state index contributed by atoms with van der Waals surface area (Å²) in [5.41, 5.74) is 1.75. The van der Waals surface area contributed by atoms with E-state index in [9.17, 15) is 13.2 Å². The van der Waals surface area contributed by atoms with Crippen molar-refractivity contribution in [2.75, 3.05) is 6.54 Å². The molecule has 0 aliphatic heterocycles. The highest BCUT2D eigenvalue weighted by atomic mass is 32.2. The third-order valence-corrected chi connectivity index (χ3v) is 7.12. The second-order valence-corrected chi connectivity index (χ2v) is 9.08. The first-order valence-corrected chi connectivity index (χ1v) is 9.86. The van der Waals surface area contributed by atoms with E-state index < -0.39 is 15.1 Å². The highest BCUT2D eigenvalue weighted by molar-refractivity contribution is 7.93. The van der Waals surface area contributed by atoms with E-state index in [1.165, 1.54) is 11.3 Å². The number of nitrogens with one attached hydrogen (secondary N) is 1. The van der Waals surface area contributed by atoms with Gasteiger partial charge in [-0.15, -0.1) is 11.3 Å². The van der Waals surface area contributed by atoms with Gasteiger partial charge < -0.3 is 5.32 Å². The van der Waals surface area contributed by atoms with E-state index >= 15 is 0 Å². The minimum Gasteiger partial charge on any atom is -0.354 e. The molecule has 6 heteroatoms. The van der Waals surface area contributed by atoms with Crippen LogP contribution in [0.1, 0.15) is 30.2 Å². The quantitative estimate of drug-likeness (QED) is 0.868. The van der Waals surface area contributed by atoms with Crippen LogP contribution in [0.4, 0.5) is 0 Å². The average Bonchev–Trinajstić information content (AvgIpc) is 3.03. The Balaban J connectivity index is 2.35. The van der Waals surface area contributed by atoms with Crippen LogP contribution in [0.15, 0.2) is 46.0 Å². The van der Waals surface area contributed by atoms with Crippen molar-refractivity contribution in [3.63, 3.8) is 0 Å². The topological polar surface area (TPSA) is 63.2 Å². The molecule has 0 aliphatic carbocycles. The van der Waals surface area contributed by atoms with Crippen molar-refractivity contribution < 1.29 is 13.2 Å². The van der Waals surface area contributed by atoms with Gasteiger partial charge in [0, 0.05) is 12.5 Å². The van der Waals surface area contributed by atoms with Gasteiger partial charge in [-0.25, -0.2) is 8.42 Å². The predicted octanol–water partition coefficient (Wildman–Crippen LogP) is 3.34. The van der Waals surface area contributed by atoms with Crippen molar-refractivity contribution in [2.24, 2.45) is 5.92 Å². The molecule has 0 aliphatic rings. The molecular formula is C17H21NO3S2. The Labute approximate surface area is 141 Å². The first-order chi connectivity index (χ1) is 10.8. The van der Waals surface area contributed by atoms with E-state index in [0.29, 0.717) is 9.77 Å². The minimum absolute atomic E-state index is 0.0697. The maximum absolute atomic E-state index is 12.9. The molecule has 1 aromatic carbocycles. The molecule has 2 aromatic rings. The van der Waals surface area contributed by atoms with Crippen LogP contribution in [0, 0.1) is 12.8 Å². The lowest BCUT2D eigenvalue weighted by atomic mass is 10.1. The number of carbonyl (C=O) groups excluding carboxylic acids is 1. The van der Waals surface area contributed by atoms with Gasteiger partial charge in [0.2, 0.25) is 5.91 Å². The lowest BCUT2D eigenvalue weighted by Crippen LogP contribution is -2.34. The highest BCUT2D eigenvalue weighted by Crippen LogP contribution is 2.31. The number of hydrogen-bond donors (Lipinski definition) is 1. The van der Waals surface area contributed by atoms with Crippen LogP contribution in [-0.4, -0.2) is 20.9 Å². The third-order valence-electron chi connectivity index (χ3n) is 3.59. The van der Waals surface area contributed by atoms with Gasteiger partial charge in [-0.3, -0.25) is 4.79 Å². The fraction of sp³-hybridized carbons (Fsp3) is 0.353. The summed E-state index contributed by atoms with van der Waals surface area (Å²) >= 11 is 1.20. The van der Waals surface area contributed by atoms with Crippen LogP contribution in [0.25, 0.3) is 0 Å². The lowest BCUT2D eigenvalue weighted by molar-refractivity contribution is -0.123. The summed E-state index contributed by atoms with van der Waals surface area (Å²) in [7, 11) is -3.54. The van der Waals surface area contributed by atoms with Crippen LogP contribution in [0.3, 0.4) is 0 Å². The fourth-order valence-corrected chi connectivity index (χ4v) is 5.02. The van der Waals surface area contributed by atoms with Crippen LogP contribution < -0.4 is 5.32 Å². The summed E-state index contributed by atoms with van der Waals surface area (Å²) < 4.78 is 26.2. The van der Waals surface area contributed by atoms with Gasteiger partial charge in [0.1, 0.15) is 9.46 Å². The van der Waals surface area contributed by atoms with E-state index in [1.54, 1.807) is 31.4 Å². The predicted molar refractivity (Wildman–Crippen MR) is 93.3 cm³/mol. The Bertz CT molecular complexity index is 748. The Morgan fingerprint density at radius 2 is 1.83 bits per heavy atom. The summed E-state index contributed by atoms with van der Waals surface area (Å²) in [5, 5.41) is 3.70. The van der Waals surface area contributed by atoms with E-state index in [2.05, 4.69) is 5.32 Å². The van der Waals surface area contributed by atoms with Gasteiger partial charge in [0.15, 0.2) is 9.84 Å². The minimum atomic E-state index is -3.54. The molecule has 1 amide bonds. The van der Waals surface area contributed by atoms with Crippen LogP contribution in [0.5, 0.6) is 0 Å². The van der Waals surface area contributed by atoms with E-state index in [-0.39, 0.29) is 18.4 Å². The molecule has 0 unspecified atom stereocenters. The summed E-state index contributed by atoms with van der Waals surface area (Å²) in [5.74, 6) is -0.332. The van der Waals surface area contributed by atoms with E-state index in [1.807, 2.05) is 31.2 Å². The van der Waals surface area contributed by atoms with Crippen molar-refractivity contribution in [1.82, 2.24) is 5.32 Å². The smallest absolute Gasteiger partial charge is 0.222 e. The molecule has 0 bridgehead atoms. The molecule has 124 valence electrons. The number of thiophene rings is 1. The summed E-state index contributed by atoms with van der Waals surface area (Å²) in [6.45, 7) is 5.58. The van der Waals surface area contributed by atoms with Gasteiger partial charge in [-0.05, 0) is 23.9 Å². The maximum atomic E-state index is 12.9. The third kappa shape index (κ3) is 4.20. The van der Waals surface area contributed by atoms with Gasteiger partial charge in [-0.2, -0.15) is 0 Å². The zero-order valence-electron chi connectivity index (χ0n) is 13.4. The number of benzene rings is 1. The van der Waals surface area contributed by atoms with Crippen molar-refractivity contribution in [2.45, 2.75) is 30.2 Å². The van der Waals surface area contributed by atoms with Crippen LogP contribution in [0.2, 0.25) is 0 Å². The van der Waals surface area contributed by atoms with Crippen molar-refractivity contribution in [1.29, 1.82) is 0 Å². The van der Waals surface area contributed by atoms with Crippen LogP contribution in [-0.2, 0) is 14.6 Å². The SMILES string of the molecule is Cc1ccc([C@H](CNC(=O)C(C)C)S(=O)(=O)c2cccs2)cc1. The Morgan fingerprint density at radius 3 is 2.35 bits per heavy atom. The molecule has 1 aromatic heterocycles. The van der Waals surface area contributed by atoms with Crippen molar-refractivity contribution in [3.8, 4) is 0 Å². The Hall–Kier alpha value is -1.66. The molecule has 1 atom stereocenters. The highest BCUT2D eigenvalue weighted by Gasteiger charge is 2.30. The number of aryl methyl sites for hydroxylation is 1. The van der Waals surface area contributed by atoms with Crippen molar-refractivity contribution >= 4 is 27.1 Å². The number of carbonyl (C=O) groups is 1. The molecule has 0 fully saturated rings. The van der Waals surface area contributed by atoms with Gasteiger partial charge in [0.05, 0.1) is 0 Å². The van der Waals surface area contributed by atoms with Gasteiger partial charge in [-0.1, -0.05) is 49.7 Å². The normalized spacial score (nSPS) is 13.0. The molecular weight excluding hydrogens is 330 g/mol. The standard InChI is InChI=1S/C17H21NO3S2/c1-12(2)17(19)18-11-15(14-8-6-13(3)7-9-14)23(20,21)16-5-4-10-22-16/h4-10,12,15H,11H2,1-3H3,(H,18,19)/t15-/m0/s1. The number of amides is 1. The molecule has 0 saturated heterocycles. The number of hydrogen-bond acceptors (Lipinski definition) is 4. The number of sulfone groups is 1. The first-order valence-electron chi connectivity index (χ1n) is 7.44. The largest absolute Gasteiger partial charge is 0.354 e. The Kier molecular flexibility index (Phi) is 5.59. The van der Waals surface area contributed by atoms with Crippen molar-refractivity contribution in [3.05, 3.63) is 52.9 Å². The first kappa shape index (κ1) is 17.7. The molecule has 23 heavy (non-hydrogen) atoms. The molecule has 4 nitrogen and oxygen atoms in total. The summed E-state index contributed by atoms with van der Waals surface area (Å²) in [4.78, 5) is 11.8. The molecule has 1 heterocycles. The maximum Gasteiger partial charge on any atom is 0.222 e. The zero-order chi connectivity index (χ0) is 17.0. The molecule has 0 saturated carbocycles. The monoisotopic (exact) mass is 351 g/mol.